The molecule has 0 saturated carbocycles. The number of rotatable bonds is 3. The Morgan fingerprint density at radius 1 is 1.33 bits per heavy atom. The van der Waals surface area contributed by atoms with E-state index in [1.165, 1.54) is 24.3 Å². The number of amides is 1. The van der Waals surface area contributed by atoms with Gasteiger partial charge in [-0.15, -0.1) is 0 Å². The SMILES string of the molecule is Nc1ccc(F)c(NC(=O)c2c(Cl)cccc2[N+](=O)[O-])c1. The first-order valence-corrected chi connectivity index (χ1v) is 6.07. The second-order valence-corrected chi connectivity index (χ2v) is 4.49. The molecule has 0 aliphatic carbocycles. The minimum Gasteiger partial charge on any atom is -0.399 e. The van der Waals surface area contributed by atoms with Gasteiger partial charge in [0.05, 0.1) is 15.6 Å². The lowest BCUT2D eigenvalue weighted by Crippen LogP contribution is -2.15. The zero-order chi connectivity index (χ0) is 15.6. The number of nitrogens with one attached hydrogen (secondary N) is 1. The quantitative estimate of drug-likeness (QED) is 0.516. The average Bonchev–Trinajstić information content (AvgIpc) is 2.42. The maximum atomic E-state index is 13.6. The molecule has 2 aromatic rings. The van der Waals surface area contributed by atoms with Gasteiger partial charge in [0.15, 0.2) is 0 Å². The van der Waals surface area contributed by atoms with Crippen LogP contribution >= 0.6 is 11.6 Å². The molecule has 0 radical (unpaired) electrons. The van der Waals surface area contributed by atoms with Crippen LogP contribution in [-0.2, 0) is 0 Å². The molecule has 108 valence electrons. The lowest BCUT2D eigenvalue weighted by atomic mass is 10.1. The van der Waals surface area contributed by atoms with Gasteiger partial charge in [-0.3, -0.25) is 14.9 Å². The number of nitrogens with zero attached hydrogens (tertiary/aromatic N) is 1. The van der Waals surface area contributed by atoms with Crippen LogP contribution in [0.25, 0.3) is 0 Å². The number of benzene rings is 2. The van der Waals surface area contributed by atoms with Crippen LogP contribution in [0.15, 0.2) is 36.4 Å². The number of halogens is 2. The summed E-state index contributed by atoms with van der Waals surface area (Å²) in [7, 11) is 0. The van der Waals surface area contributed by atoms with Gasteiger partial charge in [0.1, 0.15) is 11.4 Å². The monoisotopic (exact) mass is 309 g/mol. The van der Waals surface area contributed by atoms with Gasteiger partial charge < -0.3 is 11.1 Å². The topological polar surface area (TPSA) is 98.3 Å². The molecule has 0 aliphatic heterocycles. The van der Waals surface area contributed by atoms with E-state index < -0.39 is 22.3 Å². The van der Waals surface area contributed by atoms with Gasteiger partial charge in [-0.2, -0.15) is 0 Å². The number of anilines is 2. The van der Waals surface area contributed by atoms with Crippen molar-refractivity contribution in [3.8, 4) is 0 Å². The molecule has 0 unspecified atom stereocenters. The van der Waals surface area contributed by atoms with Crippen molar-refractivity contribution in [2.24, 2.45) is 0 Å². The number of carbonyl (C=O) groups is 1. The normalized spacial score (nSPS) is 10.2. The van der Waals surface area contributed by atoms with Crippen molar-refractivity contribution in [2.75, 3.05) is 11.1 Å². The van der Waals surface area contributed by atoms with E-state index in [-0.39, 0.29) is 22.0 Å². The Labute approximate surface area is 123 Å². The van der Waals surface area contributed by atoms with Gasteiger partial charge in [-0.1, -0.05) is 17.7 Å². The Balaban J connectivity index is 2.42. The average molecular weight is 310 g/mol. The fourth-order valence-corrected chi connectivity index (χ4v) is 1.97. The molecular weight excluding hydrogens is 301 g/mol. The van der Waals surface area contributed by atoms with Crippen molar-refractivity contribution >= 4 is 34.6 Å². The predicted molar refractivity (Wildman–Crippen MR) is 76.9 cm³/mol. The molecule has 0 saturated heterocycles. The maximum Gasteiger partial charge on any atom is 0.283 e. The maximum absolute atomic E-state index is 13.6. The first kappa shape index (κ1) is 14.7. The van der Waals surface area contributed by atoms with Crippen molar-refractivity contribution in [2.45, 2.75) is 0 Å². The molecule has 0 aromatic heterocycles. The number of hydrogen-bond donors (Lipinski definition) is 2. The summed E-state index contributed by atoms with van der Waals surface area (Å²) < 4.78 is 13.6. The number of nitro benzene ring substituents is 1. The molecule has 2 aromatic carbocycles. The largest absolute Gasteiger partial charge is 0.399 e. The van der Waals surface area contributed by atoms with E-state index in [1.807, 2.05) is 0 Å². The summed E-state index contributed by atoms with van der Waals surface area (Å²) in [6.07, 6.45) is 0. The van der Waals surface area contributed by atoms with Crippen molar-refractivity contribution in [1.82, 2.24) is 0 Å². The molecule has 8 heteroatoms. The van der Waals surface area contributed by atoms with Crippen LogP contribution in [0.3, 0.4) is 0 Å². The van der Waals surface area contributed by atoms with Crippen LogP contribution in [0.1, 0.15) is 10.4 Å². The van der Waals surface area contributed by atoms with E-state index in [2.05, 4.69) is 5.32 Å². The molecule has 1 amide bonds. The van der Waals surface area contributed by atoms with Crippen LogP contribution in [-0.4, -0.2) is 10.8 Å². The molecule has 0 fully saturated rings. The molecule has 21 heavy (non-hydrogen) atoms. The number of nitrogens with two attached hydrogens (primary N) is 1. The molecule has 0 spiro atoms. The van der Waals surface area contributed by atoms with E-state index in [1.54, 1.807) is 0 Å². The lowest BCUT2D eigenvalue weighted by molar-refractivity contribution is -0.385. The van der Waals surface area contributed by atoms with E-state index in [9.17, 15) is 19.3 Å². The molecule has 0 heterocycles. The highest BCUT2D eigenvalue weighted by Gasteiger charge is 2.24. The van der Waals surface area contributed by atoms with Gasteiger partial charge in [0.25, 0.3) is 11.6 Å². The van der Waals surface area contributed by atoms with E-state index in [0.29, 0.717) is 0 Å². The summed E-state index contributed by atoms with van der Waals surface area (Å²) in [5.74, 6) is -1.61. The van der Waals surface area contributed by atoms with Crippen molar-refractivity contribution < 1.29 is 14.1 Å². The second-order valence-electron chi connectivity index (χ2n) is 4.08. The first-order chi connectivity index (χ1) is 9.90. The third kappa shape index (κ3) is 3.09. The minimum absolute atomic E-state index is 0.106. The fourth-order valence-electron chi connectivity index (χ4n) is 1.71. The molecule has 6 nitrogen and oxygen atoms in total. The third-order valence-corrected chi connectivity index (χ3v) is 2.97. The molecule has 0 bridgehead atoms. The standard InChI is InChI=1S/C13H9ClFN3O3/c14-8-2-1-3-11(18(20)21)12(8)13(19)17-10-6-7(16)4-5-9(10)15/h1-6H,16H2,(H,17,19). The summed E-state index contributed by atoms with van der Waals surface area (Å²) in [5.41, 5.74) is 4.74. The summed E-state index contributed by atoms with van der Waals surface area (Å²) in [4.78, 5) is 22.3. The smallest absolute Gasteiger partial charge is 0.283 e. The number of hydrogen-bond acceptors (Lipinski definition) is 4. The summed E-state index contributed by atoms with van der Waals surface area (Å²) in [5, 5.41) is 13.0. The zero-order valence-corrected chi connectivity index (χ0v) is 11.2. The molecule has 2 rings (SSSR count). The van der Waals surface area contributed by atoms with E-state index in [0.717, 1.165) is 12.1 Å². The summed E-state index contributed by atoms with van der Waals surface area (Å²) in [6.45, 7) is 0. The van der Waals surface area contributed by atoms with E-state index >= 15 is 0 Å². The highest BCUT2D eigenvalue weighted by atomic mass is 35.5. The fraction of sp³-hybridized carbons (Fsp3) is 0. The van der Waals surface area contributed by atoms with E-state index in [4.69, 9.17) is 17.3 Å². The number of nitrogen functional groups attached to an aromatic ring is 1. The van der Waals surface area contributed by atoms with Crippen LogP contribution < -0.4 is 11.1 Å². The zero-order valence-electron chi connectivity index (χ0n) is 10.5. The predicted octanol–water partition coefficient (Wildman–Crippen LogP) is 3.22. The Hall–Kier alpha value is -2.67. The summed E-state index contributed by atoms with van der Waals surface area (Å²) >= 11 is 5.82. The Morgan fingerprint density at radius 2 is 2.05 bits per heavy atom. The van der Waals surface area contributed by atoms with Crippen LogP contribution in [0.5, 0.6) is 0 Å². The van der Waals surface area contributed by atoms with Crippen molar-refractivity contribution in [1.29, 1.82) is 0 Å². The van der Waals surface area contributed by atoms with Gasteiger partial charge in [-0.25, -0.2) is 4.39 Å². The second kappa shape index (κ2) is 5.76. The minimum atomic E-state index is -0.892. The lowest BCUT2D eigenvalue weighted by Gasteiger charge is -2.08. The summed E-state index contributed by atoms with van der Waals surface area (Å²) in [6, 6.07) is 7.42. The van der Waals surface area contributed by atoms with Crippen LogP contribution in [0.2, 0.25) is 5.02 Å². The first-order valence-electron chi connectivity index (χ1n) is 5.69. The Kier molecular flexibility index (Phi) is 4.04. The highest BCUT2D eigenvalue weighted by Crippen LogP contribution is 2.28. The van der Waals surface area contributed by atoms with Crippen LogP contribution in [0, 0.1) is 15.9 Å². The molecule has 3 N–H and O–H groups in total. The molecular formula is C13H9ClFN3O3. The van der Waals surface area contributed by atoms with Crippen LogP contribution in [0.4, 0.5) is 21.5 Å². The van der Waals surface area contributed by atoms with Crippen molar-refractivity contribution in [3.63, 3.8) is 0 Å². The molecule has 0 atom stereocenters. The molecule has 0 aliphatic rings. The van der Waals surface area contributed by atoms with Gasteiger partial charge in [-0.05, 0) is 24.3 Å². The van der Waals surface area contributed by atoms with Gasteiger partial charge in [0.2, 0.25) is 0 Å². The third-order valence-electron chi connectivity index (χ3n) is 2.65. The number of carbonyl (C=O) groups excluding carboxylic acids is 1. The van der Waals surface area contributed by atoms with Gasteiger partial charge in [0, 0.05) is 11.8 Å². The Morgan fingerprint density at radius 3 is 2.71 bits per heavy atom. The highest BCUT2D eigenvalue weighted by molar-refractivity contribution is 6.35. The van der Waals surface area contributed by atoms with Crippen molar-refractivity contribution in [3.05, 3.63) is 62.9 Å². The Bertz CT molecular complexity index is 737. The van der Waals surface area contributed by atoms with Gasteiger partial charge >= 0.3 is 0 Å². The number of nitro groups is 1.